The number of aromatic nitrogens is 6. The van der Waals surface area contributed by atoms with Crippen molar-refractivity contribution in [2.24, 2.45) is 0 Å². The van der Waals surface area contributed by atoms with Gasteiger partial charge < -0.3 is 10.1 Å². The Balaban J connectivity index is 1.62. The van der Waals surface area contributed by atoms with Crippen LogP contribution in [0.25, 0.3) is 5.69 Å². The molecule has 0 saturated heterocycles. The second-order valence-corrected chi connectivity index (χ2v) is 5.88. The summed E-state index contributed by atoms with van der Waals surface area (Å²) in [5.74, 6) is 1.34. The fraction of sp³-hybridized carbons (Fsp3) is 0.353. The van der Waals surface area contributed by atoms with Crippen LogP contribution in [0.3, 0.4) is 0 Å². The van der Waals surface area contributed by atoms with Crippen LogP contribution in [0.4, 0.5) is 0 Å². The van der Waals surface area contributed by atoms with Crippen LogP contribution >= 0.6 is 0 Å². The van der Waals surface area contributed by atoms with E-state index < -0.39 is 0 Å². The molecule has 1 N–H and O–H groups in total. The third-order valence-electron chi connectivity index (χ3n) is 4.07. The number of rotatable bonds is 7. The summed E-state index contributed by atoms with van der Waals surface area (Å²) in [5, 5.41) is 18.5. The van der Waals surface area contributed by atoms with Crippen LogP contribution in [0.5, 0.6) is 5.75 Å². The first-order valence-electron chi connectivity index (χ1n) is 8.28. The Morgan fingerprint density at radius 3 is 2.88 bits per heavy atom. The van der Waals surface area contributed by atoms with Gasteiger partial charge >= 0.3 is 0 Å². The van der Waals surface area contributed by atoms with E-state index in [-0.39, 0.29) is 11.9 Å². The first-order chi connectivity index (χ1) is 12.6. The van der Waals surface area contributed by atoms with Crippen LogP contribution in [-0.2, 0) is 11.3 Å². The topological polar surface area (TPSA) is 99.8 Å². The normalized spacial score (nSPS) is 12.0. The molecule has 0 spiro atoms. The SMILES string of the molecule is COc1ccccc1-n1cc([C@H](C)NC(=O)CCn2nnnc2C)cn1. The summed E-state index contributed by atoms with van der Waals surface area (Å²) in [6.45, 7) is 4.16. The lowest BCUT2D eigenvalue weighted by Crippen LogP contribution is -2.27. The van der Waals surface area contributed by atoms with Crippen molar-refractivity contribution in [1.29, 1.82) is 0 Å². The van der Waals surface area contributed by atoms with Crippen molar-refractivity contribution in [2.45, 2.75) is 32.9 Å². The number of ether oxygens (including phenoxy) is 1. The zero-order valence-corrected chi connectivity index (χ0v) is 15.0. The highest BCUT2D eigenvalue weighted by atomic mass is 16.5. The molecule has 9 heteroatoms. The zero-order chi connectivity index (χ0) is 18.5. The Kier molecular flexibility index (Phi) is 5.26. The quantitative estimate of drug-likeness (QED) is 0.688. The molecule has 0 aliphatic rings. The molecule has 0 aliphatic carbocycles. The summed E-state index contributed by atoms with van der Waals surface area (Å²) in [6.07, 6.45) is 3.92. The highest BCUT2D eigenvalue weighted by molar-refractivity contribution is 5.76. The van der Waals surface area contributed by atoms with Crippen molar-refractivity contribution < 1.29 is 9.53 Å². The number of aryl methyl sites for hydroxylation is 2. The number of hydrogen-bond acceptors (Lipinski definition) is 6. The smallest absolute Gasteiger partial charge is 0.222 e. The Labute approximate surface area is 151 Å². The van der Waals surface area contributed by atoms with Crippen LogP contribution < -0.4 is 10.1 Å². The second-order valence-electron chi connectivity index (χ2n) is 5.88. The molecule has 26 heavy (non-hydrogen) atoms. The minimum absolute atomic E-state index is 0.0718. The number of amides is 1. The van der Waals surface area contributed by atoms with E-state index in [1.54, 1.807) is 29.6 Å². The molecule has 0 radical (unpaired) electrons. The summed E-state index contributed by atoms with van der Waals surface area (Å²) < 4.78 is 8.70. The van der Waals surface area contributed by atoms with Crippen molar-refractivity contribution in [3.63, 3.8) is 0 Å². The maximum absolute atomic E-state index is 12.2. The van der Waals surface area contributed by atoms with Gasteiger partial charge in [0.1, 0.15) is 17.3 Å². The summed E-state index contributed by atoms with van der Waals surface area (Å²) in [4.78, 5) is 12.2. The number of nitrogens with one attached hydrogen (secondary N) is 1. The number of hydrogen-bond donors (Lipinski definition) is 1. The van der Waals surface area contributed by atoms with Crippen molar-refractivity contribution in [1.82, 2.24) is 35.3 Å². The van der Waals surface area contributed by atoms with Crippen LogP contribution in [0.2, 0.25) is 0 Å². The van der Waals surface area contributed by atoms with Crippen molar-refractivity contribution >= 4 is 5.91 Å². The van der Waals surface area contributed by atoms with Crippen LogP contribution in [0.15, 0.2) is 36.7 Å². The third kappa shape index (κ3) is 3.88. The molecule has 9 nitrogen and oxygen atoms in total. The lowest BCUT2D eigenvalue weighted by Gasteiger charge is -2.12. The van der Waals surface area contributed by atoms with Gasteiger partial charge in [0.05, 0.1) is 25.9 Å². The number of methoxy groups -OCH3 is 1. The Bertz CT molecular complexity index is 887. The average molecular weight is 355 g/mol. The van der Waals surface area contributed by atoms with Gasteiger partial charge in [-0.25, -0.2) is 9.36 Å². The van der Waals surface area contributed by atoms with Gasteiger partial charge in [-0.2, -0.15) is 5.10 Å². The molecule has 0 aliphatic heterocycles. The molecule has 2 aromatic heterocycles. The Hall–Kier alpha value is -3.23. The van der Waals surface area contributed by atoms with E-state index in [4.69, 9.17) is 4.74 Å². The molecular formula is C17H21N7O2. The highest BCUT2D eigenvalue weighted by Crippen LogP contribution is 2.22. The number of carbonyl (C=O) groups is 1. The van der Waals surface area contributed by atoms with Gasteiger partial charge in [0, 0.05) is 18.2 Å². The maximum atomic E-state index is 12.2. The van der Waals surface area contributed by atoms with Gasteiger partial charge in [-0.3, -0.25) is 4.79 Å². The number of tetrazole rings is 1. The maximum Gasteiger partial charge on any atom is 0.222 e. The first kappa shape index (κ1) is 17.6. The van der Waals surface area contributed by atoms with E-state index in [1.165, 1.54) is 0 Å². The van der Waals surface area contributed by atoms with Crippen LogP contribution in [-0.4, -0.2) is 43.0 Å². The van der Waals surface area contributed by atoms with E-state index in [1.807, 2.05) is 37.4 Å². The Morgan fingerprint density at radius 2 is 2.15 bits per heavy atom. The molecule has 1 amide bonds. The van der Waals surface area contributed by atoms with Gasteiger partial charge in [0.25, 0.3) is 0 Å². The van der Waals surface area contributed by atoms with E-state index >= 15 is 0 Å². The molecule has 3 rings (SSSR count). The zero-order valence-electron chi connectivity index (χ0n) is 15.0. The van der Waals surface area contributed by atoms with Crippen LogP contribution in [0.1, 0.15) is 30.8 Å². The van der Waals surface area contributed by atoms with Crippen molar-refractivity contribution in [2.75, 3.05) is 7.11 Å². The van der Waals surface area contributed by atoms with Gasteiger partial charge in [0.15, 0.2) is 0 Å². The molecule has 3 aromatic rings. The Morgan fingerprint density at radius 1 is 1.35 bits per heavy atom. The molecule has 136 valence electrons. The second kappa shape index (κ2) is 7.77. The molecule has 0 fully saturated rings. The first-order valence-corrected chi connectivity index (χ1v) is 8.28. The fourth-order valence-electron chi connectivity index (χ4n) is 2.57. The highest BCUT2D eigenvalue weighted by Gasteiger charge is 2.14. The van der Waals surface area contributed by atoms with Gasteiger partial charge in [-0.05, 0) is 36.4 Å². The monoisotopic (exact) mass is 355 g/mol. The minimum atomic E-state index is -0.166. The predicted molar refractivity (Wildman–Crippen MR) is 93.8 cm³/mol. The van der Waals surface area contributed by atoms with Gasteiger partial charge in [0.2, 0.25) is 5.91 Å². The van der Waals surface area contributed by atoms with E-state index in [2.05, 4.69) is 25.9 Å². The number of nitrogens with zero attached hydrogens (tertiary/aromatic N) is 6. The summed E-state index contributed by atoms with van der Waals surface area (Å²) in [6, 6.07) is 7.46. The average Bonchev–Trinajstić information content (AvgIpc) is 3.29. The van der Waals surface area contributed by atoms with Crippen molar-refractivity contribution in [3.05, 3.63) is 48.0 Å². The molecule has 0 unspecified atom stereocenters. The van der Waals surface area contributed by atoms with Crippen LogP contribution in [0, 0.1) is 6.92 Å². The lowest BCUT2D eigenvalue weighted by atomic mass is 10.2. The lowest BCUT2D eigenvalue weighted by molar-refractivity contribution is -0.122. The number of carbonyl (C=O) groups excluding carboxylic acids is 1. The molecule has 1 atom stereocenters. The fourth-order valence-corrected chi connectivity index (χ4v) is 2.57. The van der Waals surface area contributed by atoms with Gasteiger partial charge in [-0.15, -0.1) is 5.10 Å². The largest absolute Gasteiger partial charge is 0.494 e. The molecule has 0 bridgehead atoms. The van der Waals surface area contributed by atoms with E-state index in [9.17, 15) is 4.79 Å². The standard InChI is InChI=1S/C17H21N7O2/c1-12(19-17(25)8-9-23-13(2)20-21-22-23)14-10-18-24(11-14)15-6-4-5-7-16(15)26-3/h4-7,10-12H,8-9H2,1-3H3,(H,19,25)/t12-/m0/s1. The molecule has 2 heterocycles. The third-order valence-corrected chi connectivity index (χ3v) is 4.07. The summed E-state index contributed by atoms with van der Waals surface area (Å²) in [5.41, 5.74) is 1.75. The van der Waals surface area contributed by atoms with Crippen molar-refractivity contribution in [3.8, 4) is 11.4 Å². The number of benzene rings is 1. The number of para-hydroxylation sites is 2. The van der Waals surface area contributed by atoms with Gasteiger partial charge in [-0.1, -0.05) is 12.1 Å². The summed E-state index contributed by atoms with van der Waals surface area (Å²) >= 11 is 0. The molecular weight excluding hydrogens is 334 g/mol. The predicted octanol–water partition coefficient (Wildman–Crippen LogP) is 1.44. The summed E-state index contributed by atoms with van der Waals surface area (Å²) in [7, 11) is 1.62. The molecule has 1 aromatic carbocycles. The molecule has 0 saturated carbocycles. The van der Waals surface area contributed by atoms with E-state index in [0.717, 1.165) is 17.0 Å². The van der Waals surface area contributed by atoms with E-state index in [0.29, 0.717) is 18.8 Å². The minimum Gasteiger partial charge on any atom is -0.494 e.